The van der Waals surface area contributed by atoms with Crippen LogP contribution in [0.3, 0.4) is 0 Å². The average Bonchev–Trinajstić information content (AvgIpc) is 2.78. The largest absolute Gasteiger partial charge is 0.398 e. The number of nitrogen functional groups attached to an aromatic ring is 1. The number of nitrogens with two attached hydrogens (primary N) is 1. The van der Waals surface area contributed by atoms with E-state index in [4.69, 9.17) is 11.0 Å². The van der Waals surface area contributed by atoms with Gasteiger partial charge in [0.2, 0.25) is 0 Å². The minimum atomic E-state index is 0.530. The van der Waals surface area contributed by atoms with E-state index in [0.29, 0.717) is 22.5 Å². The normalized spacial score (nSPS) is 22.7. The molecule has 1 fully saturated rings. The Morgan fingerprint density at radius 1 is 1.50 bits per heavy atom. The zero-order chi connectivity index (χ0) is 13.0. The number of anilines is 2. The zero-order valence-corrected chi connectivity index (χ0v) is 11.5. The molecule has 1 saturated carbocycles. The lowest BCUT2D eigenvalue weighted by Gasteiger charge is -2.21. The summed E-state index contributed by atoms with van der Waals surface area (Å²) >= 11 is 2.03. The van der Waals surface area contributed by atoms with Crippen LogP contribution in [0.25, 0.3) is 0 Å². The zero-order valence-electron chi connectivity index (χ0n) is 10.6. The Hall–Kier alpha value is -1.34. The Morgan fingerprint density at radius 3 is 3.00 bits per heavy atom. The summed E-state index contributed by atoms with van der Waals surface area (Å²) in [6.45, 7) is 2.21. The lowest BCUT2D eigenvalue weighted by Crippen LogP contribution is -2.26. The van der Waals surface area contributed by atoms with Crippen molar-refractivity contribution in [2.75, 3.05) is 16.8 Å². The van der Waals surface area contributed by atoms with Crippen molar-refractivity contribution in [3.05, 3.63) is 23.8 Å². The number of hydrogen-bond donors (Lipinski definition) is 2. The molecule has 0 aromatic heterocycles. The number of rotatable bonds is 4. The number of nitrogens with zero attached hydrogens (tertiary/aromatic N) is 1. The molecule has 0 radical (unpaired) electrons. The van der Waals surface area contributed by atoms with Gasteiger partial charge in [-0.25, -0.2) is 0 Å². The molecule has 0 bridgehead atoms. The third-order valence-corrected chi connectivity index (χ3v) is 4.68. The van der Waals surface area contributed by atoms with Crippen LogP contribution in [0.2, 0.25) is 0 Å². The van der Waals surface area contributed by atoms with Crippen molar-refractivity contribution in [1.29, 1.82) is 5.26 Å². The number of nitrogens with one attached hydrogen (secondary N) is 1. The third-order valence-electron chi connectivity index (χ3n) is 3.36. The van der Waals surface area contributed by atoms with Crippen LogP contribution in [-0.2, 0) is 0 Å². The van der Waals surface area contributed by atoms with Crippen LogP contribution in [0.5, 0.6) is 0 Å². The second kappa shape index (κ2) is 6.01. The second-order valence-electron chi connectivity index (χ2n) is 4.59. The minimum Gasteiger partial charge on any atom is -0.398 e. The van der Waals surface area contributed by atoms with Gasteiger partial charge >= 0.3 is 0 Å². The molecule has 0 aliphatic heterocycles. The second-order valence-corrected chi connectivity index (χ2v) is 6.11. The Bertz CT molecular complexity index is 453. The molecule has 0 spiro atoms. The molecular formula is C14H19N3S. The van der Waals surface area contributed by atoms with Crippen LogP contribution in [0.4, 0.5) is 11.4 Å². The van der Waals surface area contributed by atoms with Gasteiger partial charge in [0.25, 0.3) is 0 Å². The van der Waals surface area contributed by atoms with E-state index in [0.717, 1.165) is 5.69 Å². The van der Waals surface area contributed by atoms with Crippen LogP contribution in [-0.4, -0.2) is 17.0 Å². The molecule has 0 saturated heterocycles. The van der Waals surface area contributed by atoms with Gasteiger partial charge in [0.1, 0.15) is 6.07 Å². The molecule has 2 rings (SSSR count). The van der Waals surface area contributed by atoms with Gasteiger partial charge in [-0.1, -0.05) is 13.3 Å². The van der Waals surface area contributed by atoms with Crippen molar-refractivity contribution in [3.8, 4) is 6.07 Å². The summed E-state index contributed by atoms with van der Waals surface area (Å²) in [7, 11) is 0. The number of hydrogen-bond acceptors (Lipinski definition) is 4. The SMILES string of the molecule is CCSC1CCCC1Nc1ccc(C#N)c(N)c1. The first-order chi connectivity index (χ1) is 8.74. The average molecular weight is 261 g/mol. The van der Waals surface area contributed by atoms with E-state index in [1.54, 1.807) is 6.07 Å². The third kappa shape index (κ3) is 2.91. The molecule has 4 heteroatoms. The summed E-state index contributed by atoms with van der Waals surface area (Å²) < 4.78 is 0. The fourth-order valence-corrected chi connectivity index (χ4v) is 3.67. The van der Waals surface area contributed by atoms with Crippen molar-refractivity contribution >= 4 is 23.1 Å². The molecule has 1 aromatic carbocycles. The molecule has 1 aliphatic rings. The molecule has 3 nitrogen and oxygen atoms in total. The molecule has 18 heavy (non-hydrogen) atoms. The maximum absolute atomic E-state index is 8.85. The fraction of sp³-hybridized carbons (Fsp3) is 0.500. The van der Waals surface area contributed by atoms with Gasteiger partial charge in [-0.15, -0.1) is 0 Å². The maximum Gasteiger partial charge on any atom is 0.101 e. The smallest absolute Gasteiger partial charge is 0.101 e. The van der Waals surface area contributed by atoms with Crippen molar-refractivity contribution < 1.29 is 0 Å². The van der Waals surface area contributed by atoms with Crippen LogP contribution in [0, 0.1) is 11.3 Å². The molecule has 2 unspecified atom stereocenters. The highest BCUT2D eigenvalue weighted by molar-refractivity contribution is 7.99. The van der Waals surface area contributed by atoms with E-state index in [9.17, 15) is 0 Å². The van der Waals surface area contributed by atoms with Crippen LogP contribution < -0.4 is 11.1 Å². The Morgan fingerprint density at radius 2 is 2.33 bits per heavy atom. The predicted molar refractivity (Wildman–Crippen MR) is 78.8 cm³/mol. The maximum atomic E-state index is 8.85. The van der Waals surface area contributed by atoms with Gasteiger partial charge in [-0.2, -0.15) is 17.0 Å². The molecule has 2 atom stereocenters. The molecule has 1 aromatic rings. The predicted octanol–water partition coefficient (Wildman–Crippen LogP) is 3.23. The minimum absolute atomic E-state index is 0.530. The highest BCUT2D eigenvalue weighted by atomic mass is 32.2. The summed E-state index contributed by atoms with van der Waals surface area (Å²) in [5.74, 6) is 1.17. The fourth-order valence-electron chi connectivity index (χ4n) is 2.47. The van der Waals surface area contributed by atoms with Crippen molar-refractivity contribution in [1.82, 2.24) is 0 Å². The molecule has 0 amide bonds. The van der Waals surface area contributed by atoms with E-state index in [-0.39, 0.29) is 0 Å². The van der Waals surface area contributed by atoms with Crippen LogP contribution in [0.1, 0.15) is 31.7 Å². The number of nitriles is 1. The molecular weight excluding hydrogens is 242 g/mol. The van der Waals surface area contributed by atoms with Gasteiger partial charge in [-0.05, 0) is 36.8 Å². The Kier molecular flexibility index (Phi) is 4.38. The van der Waals surface area contributed by atoms with Crippen LogP contribution in [0.15, 0.2) is 18.2 Å². The van der Waals surface area contributed by atoms with Gasteiger partial charge < -0.3 is 11.1 Å². The highest BCUT2D eigenvalue weighted by Gasteiger charge is 2.26. The first-order valence-electron chi connectivity index (χ1n) is 6.42. The lowest BCUT2D eigenvalue weighted by molar-refractivity contribution is 0.768. The van der Waals surface area contributed by atoms with Crippen molar-refractivity contribution in [3.63, 3.8) is 0 Å². The van der Waals surface area contributed by atoms with Gasteiger partial charge in [0, 0.05) is 17.0 Å². The highest BCUT2D eigenvalue weighted by Crippen LogP contribution is 2.32. The molecule has 3 N–H and O–H groups in total. The Balaban J connectivity index is 2.05. The van der Waals surface area contributed by atoms with Crippen molar-refractivity contribution in [2.45, 2.75) is 37.5 Å². The quantitative estimate of drug-likeness (QED) is 0.817. The molecule has 0 heterocycles. The summed E-state index contributed by atoms with van der Waals surface area (Å²) in [5.41, 5.74) is 7.96. The summed E-state index contributed by atoms with van der Waals surface area (Å²) in [6.07, 6.45) is 3.81. The monoisotopic (exact) mass is 261 g/mol. The van der Waals surface area contributed by atoms with Gasteiger partial charge in [0.15, 0.2) is 0 Å². The van der Waals surface area contributed by atoms with E-state index in [1.807, 2.05) is 23.9 Å². The molecule has 96 valence electrons. The lowest BCUT2D eigenvalue weighted by atomic mass is 10.1. The van der Waals surface area contributed by atoms with E-state index >= 15 is 0 Å². The topological polar surface area (TPSA) is 61.8 Å². The summed E-state index contributed by atoms with van der Waals surface area (Å²) in [4.78, 5) is 0. The van der Waals surface area contributed by atoms with E-state index < -0.39 is 0 Å². The van der Waals surface area contributed by atoms with E-state index in [2.05, 4.69) is 18.3 Å². The standard InChI is InChI=1S/C14H19N3S/c1-2-18-14-5-3-4-13(14)17-11-7-6-10(9-15)12(16)8-11/h6-8,13-14,17H,2-5,16H2,1H3. The first-order valence-corrected chi connectivity index (χ1v) is 7.47. The van der Waals surface area contributed by atoms with Gasteiger partial charge in [0.05, 0.1) is 11.3 Å². The summed E-state index contributed by atoms with van der Waals surface area (Å²) in [6, 6.07) is 8.22. The van der Waals surface area contributed by atoms with Gasteiger partial charge in [-0.3, -0.25) is 0 Å². The van der Waals surface area contributed by atoms with Crippen molar-refractivity contribution in [2.24, 2.45) is 0 Å². The van der Waals surface area contributed by atoms with Crippen LogP contribution >= 0.6 is 11.8 Å². The number of benzene rings is 1. The summed E-state index contributed by atoms with van der Waals surface area (Å²) in [5, 5.41) is 13.1. The Labute approximate surface area is 113 Å². The number of thioether (sulfide) groups is 1. The first kappa shape index (κ1) is 13.1. The molecule has 1 aliphatic carbocycles. The van der Waals surface area contributed by atoms with E-state index in [1.165, 1.54) is 25.0 Å².